The Kier molecular flexibility index (Phi) is 7.40. The Morgan fingerprint density at radius 3 is 1.42 bits per heavy atom. The molecule has 0 aliphatic carbocycles. The second-order valence-corrected chi connectivity index (χ2v) is 5.48. The lowest BCUT2D eigenvalue weighted by Gasteiger charge is -2.05. The van der Waals surface area contributed by atoms with Crippen molar-refractivity contribution in [3.05, 3.63) is 49.1 Å². The molecule has 0 aliphatic rings. The highest BCUT2D eigenvalue weighted by molar-refractivity contribution is 5.91. The molecule has 2 N–H and O–H groups in total. The molecule has 126 valence electrons. The highest BCUT2D eigenvalue weighted by Crippen LogP contribution is 2.10. The van der Waals surface area contributed by atoms with E-state index in [9.17, 15) is 9.59 Å². The molecule has 0 spiro atoms. The van der Waals surface area contributed by atoms with Crippen LogP contribution < -0.4 is 10.6 Å². The van der Waals surface area contributed by atoms with Gasteiger partial charge in [0.25, 0.3) is 0 Å². The lowest BCUT2D eigenvalue weighted by Crippen LogP contribution is -2.11. The summed E-state index contributed by atoms with van der Waals surface area (Å²) in [5, 5.41) is 5.66. The summed E-state index contributed by atoms with van der Waals surface area (Å²) in [5.74, 6) is 0.0215. The molecule has 0 saturated heterocycles. The van der Waals surface area contributed by atoms with Crippen molar-refractivity contribution < 1.29 is 9.59 Å². The molecule has 2 heterocycles. The van der Waals surface area contributed by atoms with Gasteiger partial charge >= 0.3 is 0 Å². The first-order chi connectivity index (χ1) is 11.7. The van der Waals surface area contributed by atoms with E-state index in [1.54, 1.807) is 49.1 Å². The summed E-state index contributed by atoms with van der Waals surface area (Å²) in [4.78, 5) is 31.3. The zero-order valence-corrected chi connectivity index (χ0v) is 13.6. The van der Waals surface area contributed by atoms with Gasteiger partial charge in [0.05, 0.1) is 0 Å². The van der Waals surface area contributed by atoms with Gasteiger partial charge in [0.1, 0.15) is 0 Å². The lowest BCUT2D eigenvalue weighted by molar-refractivity contribution is -0.117. The highest BCUT2D eigenvalue weighted by Gasteiger charge is 2.04. The molecular weight excluding hydrogens is 304 g/mol. The van der Waals surface area contributed by atoms with Gasteiger partial charge in [-0.3, -0.25) is 19.6 Å². The van der Waals surface area contributed by atoms with Crippen LogP contribution in [0, 0.1) is 0 Å². The van der Waals surface area contributed by atoms with Crippen LogP contribution in [0.5, 0.6) is 0 Å². The van der Waals surface area contributed by atoms with Crippen molar-refractivity contribution in [1.29, 1.82) is 0 Å². The van der Waals surface area contributed by atoms with Crippen LogP contribution in [-0.4, -0.2) is 21.8 Å². The molecule has 2 rings (SSSR count). The fourth-order valence-electron chi connectivity index (χ4n) is 2.24. The van der Waals surface area contributed by atoms with Gasteiger partial charge in [-0.15, -0.1) is 0 Å². The molecule has 24 heavy (non-hydrogen) atoms. The number of unbranched alkanes of at least 4 members (excludes halogenated alkanes) is 3. The monoisotopic (exact) mass is 326 g/mol. The Bertz CT molecular complexity index is 574. The van der Waals surface area contributed by atoms with Crippen LogP contribution >= 0.6 is 0 Å². The minimum Gasteiger partial charge on any atom is -0.326 e. The number of nitrogens with one attached hydrogen (secondary N) is 2. The van der Waals surface area contributed by atoms with Crippen LogP contribution in [0.3, 0.4) is 0 Å². The van der Waals surface area contributed by atoms with Crippen molar-refractivity contribution in [2.75, 3.05) is 10.6 Å². The topological polar surface area (TPSA) is 84.0 Å². The van der Waals surface area contributed by atoms with E-state index >= 15 is 0 Å². The van der Waals surface area contributed by atoms with Crippen molar-refractivity contribution in [1.82, 2.24) is 9.97 Å². The molecular formula is C18H22N4O2. The van der Waals surface area contributed by atoms with Gasteiger partial charge in [-0.1, -0.05) is 12.8 Å². The van der Waals surface area contributed by atoms with Gasteiger partial charge in [-0.2, -0.15) is 0 Å². The molecule has 2 aromatic rings. The van der Waals surface area contributed by atoms with Crippen molar-refractivity contribution in [2.24, 2.45) is 0 Å². The predicted molar refractivity (Wildman–Crippen MR) is 93.4 cm³/mol. The van der Waals surface area contributed by atoms with Gasteiger partial charge < -0.3 is 10.6 Å². The number of pyridine rings is 2. The van der Waals surface area contributed by atoms with Gasteiger partial charge in [-0.25, -0.2) is 0 Å². The standard InChI is InChI=1S/C18H22N4O2/c23-17(21-15-7-11-19-12-8-15)5-3-1-2-4-6-18(24)22-16-9-13-20-14-10-16/h7-14H,1-6H2,(H,19,21,23)(H,20,22,24). The second kappa shape index (κ2) is 10.1. The van der Waals surface area contributed by atoms with E-state index in [-0.39, 0.29) is 11.8 Å². The molecule has 0 atom stereocenters. The molecule has 0 radical (unpaired) electrons. The number of amides is 2. The van der Waals surface area contributed by atoms with E-state index in [0.29, 0.717) is 12.8 Å². The Morgan fingerprint density at radius 2 is 1.04 bits per heavy atom. The first-order valence-corrected chi connectivity index (χ1v) is 8.14. The van der Waals surface area contributed by atoms with E-state index in [2.05, 4.69) is 20.6 Å². The molecule has 0 fully saturated rings. The third kappa shape index (κ3) is 7.00. The normalized spacial score (nSPS) is 10.2. The largest absolute Gasteiger partial charge is 0.326 e. The van der Waals surface area contributed by atoms with Gasteiger partial charge in [-0.05, 0) is 37.1 Å². The van der Waals surface area contributed by atoms with Gasteiger partial charge in [0.2, 0.25) is 11.8 Å². The molecule has 0 unspecified atom stereocenters. The summed E-state index contributed by atoms with van der Waals surface area (Å²) in [5.41, 5.74) is 1.53. The molecule has 0 aliphatic heterocycles. The molecule has 2 amide bonds. The number of nitrogens with zero attached hydrogens (tertiary/aromatic N) is 2. The Labute approximate surface area is 141 Å². The average Bonchev–Trinajstić information content (AvgIpc) is 2.60. The summed E-state index contributed by atoms with van der Waals surface area (Å²) in [6, 6.07) is 7.05. The van der Waals surface area contributed by atoms with Gasteiger partial charge in [0, 0.05) is 49.0 Å². The lowest BCUT2D eigenvalue weighted by atomic mass is 10.1. The minimum absolute atomic E-state index is 0.0108. The fourth-order valence-corrected chi connectivity index (χ4v) is 2.24. The third-order valence-electron chi connectivity index (χ3n) is 3.49. The number of carbonyl (C=O) groups is 2. The minimum atomic E-state index is 0.0108. The number of hydrogen-bond donors (Lipinski definition) is 2. The van der Waals surface area contributed by atoms with E-state index in [1.165, 1.54) is 0 Å². The summed E-state index contributed by atoms with van der Waals surface area (Å²) in [6.07, 6.45) is 11.1. The zero-order chi connectivity index (χ0) is 17.0. The molecule has 6 heteroatoms. The SMILES string of the molecule is O=C(CCCCCCC(=O)Nc1ccncc1)Nc1ccncc1. The highest BCUT2D eigenvalue weighted by atomic mass is 16.2. The molecule has 2 aromatic heterocycles. The quantitative estimate of drug-likeness (QED) is 0.692. The Morgan fingerprint density at radius 1 is 0.667 bits per heavy atom. The number of hydrogen-bond acceptors (Lipinski definition) is 4. The zero-order valence-electron chi connectivity index (χ0n) is 13.6. The number of carbonyl (C=O) groups excluding carboxylic acids is 2. The Balaban J connectivity index is 1.50. The molecule has 0 bridgehead atoms. The first kappa shape index (κ1) is 17.6. The number of rotatable bonds is 9. The molecule has 0 aromatic carbocycles. The number of anilines is 2. The van der Waals surface area contributed by atoms with Crippen LogP contribution in [0.2, 0.25) is 0 Å². The smallest absolute Gasteiger partial charge is 0.224 e. The fraction of sp³-hybridized carbons (Fsp3) is 0.333. The average molecular weight is 326 g/mol. The Hall–Kier alpha value is -2.76. The van der Waals surface area contributed by atoms with Crippen LogP contribution in [0.4, 0.5) is 11.4 Å². The van der Waals surface area contributed by atoms with Crippen molar-refractivity contribution >= 4 is 23.2 Å². The van der Waals surface area contributed by atoms with Crippen molar-refractivity contribution in [3.8, 4) is 0 Å². The summed E-state index contributed by atoms with van der Waals surface area (Å²) in [7, 11) is 0. The van der Waals surface area contributed by atoms with Gasteiger partial charge in [0.15, 0.2) is 0 Å². The maximum absolute atomic E-state index is 11.8. The summed E-state index contributed by atoms with van der Waals surface area (Å²) >= 11 is 0. The van der Waals surface area contributed by atoms with Crippen LogP contribution in [-0.2, 0) is 9.59 Å². The molecule has 0 saturated carbocycles. The van der Waals surface area contributed by atoms with Crippen LogP contribution in [0.25, 0.3) is 0 Å². The summed E-state index contributed by atoms with van der Waals surface area (Å²) < 4.78 is 0. The third-order valence-corrected chi connectivity index (χ3v) is 3.49. The molecule has 6 nitrogen and oxygen atoms in total. The van der Waals surface area contributed by atoms with Crippen molar-refractivity contribution in [2.45, 2.75) is 38.5 Å². The van der Waals surface area contributed by atoms with Crippen LogP contribution in [0.1, 0.15) is 38.5 Å². The van der Waals surface area contributed by atoms with E-state index in [0.717, 1.165) is 37.1 Å². The maximum Gasteiger partial charge on any atom is 0.224 e. The second-order valence-electron chi connectivity index (χ2n) is 5.48. The van der Waals surface area contributed by atoms with E-state index < -0.39 is 0 Å². The van der Waals surface area contributed by atoms with E-state index in [1.807, 2.05) is 0 Å². The predicted octanol–water partition coefficient (Wildman–Crippen LogP) is 3.39. The number of aromatic nitrogens is 2. The van der Waals surface area contributed by atoms with Crippen molar-refractivity contribution in [3.63, 3.8) is 0 Å². The van der Waals surface area contributed by atoms with E-state index in [4.69, 9.17) is 0 Å². The maximum atomic E-state index is 11.8. The summed E-state index contributed by atoms with van der Waals surface area (Å²) in [6.45, 7) is 0. The van der Waals surface area contributed by atoms with Crippen LogP contribution in [0.15, 0.2) is 49.1 Å². The first-order valence-electron chi connectivity index (χ1n) is 8.14.